The Balaban J connectivity index is 2.05. The summed E-state index contributed by atoms with van der Waals surface area (Å²) in [5, 5.41) is 8.44. The van der Waals surface area contributed by atoms with E-state index in [1.807, 2.05) is 0 Å². The van der Waals surface area contributed by atoms with E-state index in [-0.39, 0.29) is 17.7 Å². The van der Waals surface area contributed by atoms with E-state index in [0.29, 0.717) is 26.4 Å². The summed E-state index contributed by atoms with van der Waals surface area (Å²) in [6, 6.07) is 0. The smallest absolute Gasteiger partial charge is 0.172 e. The van der Waals surface area contributed by atoms with E-state index < -0.39 is 0 Å². The summed E-state index contributed by atoms with van der Waals surface area (Å²) in [6.07, 6.45) is -0.205. The van der Waals surface area contributed by atoms with Gasteiger partial charge in [0, 0.05) is 0 Å². The van der Waals surface area contributed by atoms with E-state index in [0.717, 1.165) is 0 Å². The first-order chi connectivity index (χ1) is 5.84. The summed E-state index contributed by atoms with van der Waals surface area (Å²) in [6.45, 7) is 2.19. The molecule has 1 aliphatic heterocycles. The molecule has 1 atom stereocenters. The van der Waals surface area contributed by atoms with Crippen LogP contribution in [0.15, 0.2) is 0 Å². The standard InChI is InChI=1S/C7H13BrO4/c8-6(5-10-2-1-9)7-11-3-4-12-7/h6-7,9H,1-5H2. The van der Waals surface area contributed by atoms with Crippen LogP contribution in [0.4, 0.5) is 0 Å². The van der Waals surface area contributed by atoms with Crippen molar-refractivity contribution in [1.82, 2.24) is 0 Å². The van der Waals surface area contributed by atoms with Crippen LogP contribution in [0.25, 0.3) is 0 Å². The largest absolute Gasteiger partial charge is 0.394 e. The van der Waals surface area contributed by atoms with Gasteiger partial charge in [-0.15, -0.1) is 0 Å². The molecule has 1 unspecified atom stereocenters. The molecular weight excluding hydrogens is 228 g/mol. The second kappa shape index (κ2) is 5.88. The van der Waals surface area contributed by atoms with Gasteiger partial charge in [0.2, 0.25) is 0 Å². The van der Waals surface area contributed by atoms with Gasteiger partial charge in [0.1, 0.15) is 0 Å². The zero-order chi connectivity index (χ0) is 8.81. The summed E-state index contributed by atoms with van der Waals surface area (Å²) in [5.74, 6) is 0. The third kappa shape index (κ3) is 3.37. The Labute approximate surface area is 79.9 Å². The van der Waals surface area contributed by atoms with Gasteiger partial charge in [0.25, 0.3) is 0 Å². The van der Waals surface area contributed by atoms with Crippen LogP contribution < -0.4 is 0 Å². The summed E-state index contributed by atoms with van der Waals surface area (Å²) < 4.78 is 15.6. The number of rotatable bonds is 5. The quantitative estimate of drug-likeness (QED) is 0.549. The van der Waals surface area contributed by atoms with Crippen LogP contribution in [0.2, 0.25) is 0 Å². The molecule has 0 bridgehead atoms. The molecule has 0 aromatic heterocycles. The highest BCUT2D eigenvalue weighted by molar-refractivity contribution is 9.09. The lowest BCUT2D eigenvalue weighted by Crippen LogP contribution is -2.26. The van der Waals surface area contributed by atoms with Crippen LogP contribution in [0.5, 0.6) is 0 Å². The molecule has 0 aromatic rings. The molecule has 1 heterocycles. The van der Waals surface area contributed by atoms with Crippen LogP contribution in [-0.4, -0.2) is 49.3 Å². The molecule has 5 heteroatoms. The van der Waals surface area contributed by atoms with Crippen molar-refractivity contribution in [2.45, 2.75) is 11.1 Å². The second-order valence-corrected chi connectivity index (χ2v) is 3.60. The van der Waals surface area contributed by atoms with Gasteiger partial charge in [0.05, 0.1) is 37.9 Å². The van der Waals surface area contributed by atoms with Gasteiger partial charge >= 0.3 is 0 Å². The monoisotopic (exact) mass is 240 g/mol. The fraction of sp³-hybridized carbons (Fsp3) is 1.00. The van der Waals surface area contributed by atoms with Gasteiger partial charge in [-0.25, -0.2) is 0 Å². The average molecular weight is 241 g/mol. The minimum Gasteiger partial charge on any atom is -0.394 e. The first kappa shape index (κ1) is 10.4. The fourth-order valence-electron chi connectivity index (χ4n) is 0.925. The van der Waals surface area contributed by atoms with Crippen molar-refractivity contribution in [2.75, 3.05) is 33.0 Å². The maximum absolute atomic E-state index is 8.44. The number of aliphatic hydroxyl groups excluding tert-OH is 1. The zero-order valence-electron chi connectivity index (χ0n) is 6.74. The molecule has 0 radical (unpaired) electrons. The van der Waals surface area contributed by atoms with Crippen molar-refractivity contribution in [3.8, 4) is 0 Å². The number of aliphatic hydroxyl groups is 1. The Morgan fingerprint density at radius 2 is 2.17 bits per heavy atom. The average Bonchev–Trinajstić information content (AvgIpc) is 2.56. The maximum atomic E-state index is 8.44. The van der Waals surface area contributed by atoms with E-state index in [1.54, 1.807) is 0 Å². The highest BCUT2D eigenvalue weighted by Crippen LogP contribution is 2.15. The summed E-state index contributed by atoms with van der Waals surface area (Å²) >= 11 is 3.38. The molecule has 0 spiro atoms. The summed E-state index contributed by atoms with van der Waals surface area (Å²) in [5.41, 5.74) is 0. The molecule has 72 valence electrons. The Morgan fingerprint density at radius 3 is 2.75 bits per heavy atom. The molecular formula is C7H13BrO4. The summed E-state index contributed by atoms with van der Waals surface area (Å²) in [7, 11) is 0. The predicted octanol–water partition coefficient (Wildman–Crippen LogP) is 0.132. The number of halogens is 1. The third-order valence-electron chi connectivity index (χ3n) is 1.46. The van der Waals surface area contributed by atoms with Crippen LogP contribution >= 0.6 is 15.9 Å². The molecule has 0 aromatic carbocycles. The van der Waals surface area contributed by atoms with Gasteiger partial charge in [0.15, 0.2) is 6.29 Å². The van der Waals surface area contributed by atoms with Gasteiger partial charge in [-0.05, 0) is 0 Å². The van der Waals surface area contributed by atoms with Gasteiger partial charge in [-0.1, -0.05) is 15.9 Å². The number of hydrogen-bond donors (Lipinski definition) is 1. The van der Waals surface area contributed by atoms with E-state index >= 15 is 0 Å². The third-order valence-corrected chi connectivity index (χ3v) is 2.15. The predicted molar refractivity (Wildman–Crippen MR) is 46.3 cm³/mol. The fourth-order valence-corrected chi connectivity index (χ4v) is 1.42. The SMILES string of the molecule is OCCOCC(Br)C1OCCO1. The molecule has 1 aliphatic rings. The number of hydrogen-bond acceptors (Lipinski definition) is 4. The number of ether oxygens (including phenoxy) is 3. The number of alkyl halides is 1. The minimum absolute atomic E-state index is 0.0477. The van der Waals surface area contributed by atoms with Crippen molar-refractivity contribution in [2.24, 2.45) is 0 Å². The lowest BCUT2D eigenvalue weighted by molar-refractivity contribution is -0.0562. The first-order valence-electron chi connectivity index (χ1n) is 3.90. The molecule has 0 saturated carbocycles. The molecule has 0 amide bonds. The summed E-state index contributed by atoms with van der Waals surface area (Å²) in [4.78, 5) is 0.0477. The van der Waals surface area contributed by atoms with Gasteiger partial charge < -0.3 is 19.3 Å². The first-order valence-corrected chi connectivity index (χ1v) is 4.82. The highest BCUT2D eigenvalue weighted by Gasteiger charge is 2.24. The van der Waals surface area contributed by atoms with Crippen molar-refractivity contribution >= 4 is 15.9 Å². The molecule has 1 fully saturated rings. The van der Waals surface area contributed by atoms with Crippen LogP contribution in [0.3, 0.4) is 0 Å². The second-order valence-electron chi connectivity index (χ2n) is 2.42. The normalized spacial score (nSPS) is 21.5. The van der Waals surface area contributed by atoms with Crippen molar-refractivity contribution in [1.29, 1.82) is 0 Å². The molecule has 4 nitrogen and oxygen atoms in total. The molecule has 1 N–H and O–H groups in total. The maximum Gasteiger partial charge on any atom is 0.172 e. The van der Waals surface area contributed by atoms with Crippen LogP contribution in [0.1, 0.15) is 0 Å². The lowest BCUT2D eigenvalue weighted by atomic mass is 10.4. The van der Waals surface area contributed by atoms with Crippen molar-refractivity contribution in [3.05, 3.63) is 0 Å². The van der Waals surface area contributed by atoms with Crippen LogP contribution in [-0.2, 0) is 14.2 Å². The topological polar surface area (TPSA) is 47.9 Å². The van der Waals surface area contributed by atoms with Crippen molar-refractivity contribution in [3.63, 3.8) is 0 Å². The van der Waals surface area contributed by atoms with E-state index in [2.05, 4.69) is 15.9 Å². The molecule has 1 saturated heterocycles. The van der Waals surface area contributed by atoms with Crippen LogP contribution in [0, 0.1) is 0 Å². The Hall–Kier alpha value is 0.320. The van der Waals surface area contributed by atoms with E-state index in [1.165, 1.54) is 0 Å². The highest BCUT2D eigenvalue weighted by atomic mass is 79.9. The molecule has 0 aliphatic carbocycles. The van der Waals surface area contributed by atoms with E-state index in [9.17, 15) is 0 Å². The van der Waals surface area contributed by atoms with Crippen molar-refractivity contribution < 1.29 is 19.3 Å². The zero-order valence-corrected chi connectivity index (χ0v) is 8.33. The van der Waals surface area contributed by atoms with Gasteiger partial charge in [-0.3, -0.25) is 0 Å². The lowest BCUT2D eigenvalue weighted by Gasteiger charge is -2.15. The minimum atomic E-state index is -0.205. The van der Waals surface area contributed by atoms with Gasteiger partial charge in [-0.2, -0.15) is 0 Å². The Bertz CT molecular complexity index is 116. The van der Waals surface area contributed by atoms with E-state index in [4.69, 9.17) is 19.3 Å². The molecule has 1 rings (SSSR count). The Morgan fingerprint density at radius 1 is 1.50 bits per heavy atom. The Kier molecular flexibility index (Phi) is 5.10. The molecule has 12 heavy (non-hydrogen) atoms.